The van der Waals surface area contributed by atoms with Crippen LogP contribution in [0.1, 0.15) is 17.2 Å². The molecule has 4 aromatic rings. The molecule has 0 unspecified atom stereocenters. The Labute approximate surface area is 169 Å². The zero-order valence-corrected chi connectivity index (χ0v) is 16.3. The minimum absolute atomic E-state index is 0.0878. The summed E-state index contributed by atoms with van der Waals surface area (Å²) < 4.78 is 21.4. The van der Waals surface area contributed by atoms with Crippen LogP contribution in [0.4, 0.5) is 4.39 Å². The summed E-state index contributed by atoms with van der Waals surface area (Å²) in [6.07, 6.45) is 0. The largest absolute Gasteiger partial charge is 0.486 e. The average Bonchev–Trinajstić information content (AvgIpc) is 3.05. The summed E-state index contributed by atoms with van der Waals surface area (Å²) in [7, 11) is 0. The van der Waals surface area contributed by atoms with E-state index in [1.807, 2.05) is 19.1 Å². The van der Waals surface area contributed by atoms with Crippen molar-refractivity contribution < 1.29 is 9.13 Å². The van der Waals surface area contributed by atoms with E-state index in [4.69, 9.17) is 10.6 Å². The highest BCUT2D eigenvalue weighted by Gasteiger charge is 2.12. The Morgan fingerprint density at radius 3 is 2.76 bits per heavy atom. The summed E-state index contributed by atoms with van der Waals surface area (Å²) in [6.45, 7) is 1.95. The summed E-state index contributed by atoms with van der Waals surface area (Å²) in [4.78, 5) is 16.9. The molecule has 8 nitrogen and oxygen atoms in total. The van der Waals surface area contributed by atoms with Crippen molar-refractivity contribution in [2.45, 2.75) is 24.4 Å². The van der Waals surface area contributed by atoms with Crippen LogP contribution < -0.4 is 16.1 Å². The van der Waals surface area contributed by atoms with E-state index < -0.39 is 0 Å². The molecule has 2 N–H and O–H groups in total. The van der Waals surface area contributed by atoms with Gasteiger partial charge in [0.1, 0.15) is 23.8 Å². The highest BCUT2D eigenvalue weighted by molar-refractivity contribution is 7.98. The Morgan fingerprint density at radius 1 is 1.17 bits per heavy atom. The first kappa shape index (κ1) is 18.9. The number of thioether (sulfide) groups is 1. The Balaban J connectivity index is 1.45. The van der Waals surface area contributed by atoms with E-state index in [0.717, 1.165) is 5.69 Å². The second kappa shape index (κ2) is 7.92. The maximum atomic E-state index is 12.9. The molecule has 3 heterocycles. The molecular weight excluding hydrogens is 395 g/mol. The predicted octanol–water partition coefficient (Wildman–Crippen LogP) is 2.32. The Bertz CT molecular complexity index is 1220. The number of nitrogens with zero attached hydrogens (tertiary/aromatic N) is 5. The lowest BCUT2D eigenvalue weighted by atomic mass is 10.3. The smallest absolute Gasteiger partial charge is 0.258 e. The average molecular weight is 412 g/mol. The van der Waals surface area contributed by atoms with Gasteiger partial charge in [0.25, 0.3) is 5.56 Å². The van der Waals surface area contributed by atoms with Gasteiger partial charge >= 0.3 is 0 Å². The number of hydrogen-bond donors (Lipinski definition) is 1. The van der Waals surface area contributed by atoms with Crippen molar-refractivity contribution in [3.05, 3.63) is 81.9 Å². The van der Waals surface area contributed by atoms with E-state index in [2.05, 4.69) is 15.2 Å². The number of fused-ring (bicyclic) bond motifs is 1. The van der Waals surface area contributed by atoms with Gasteiger partial charge in [-0.15, -0.1) is 10.2 Å². The van der Waals surface area contributed by atoms with Crippen LogP contribution in [0.5, 0.6) is 5.75 Å². The molecule has 0 amide bonds. The fourth-order valence-electron chi connectivity index (χ4n) is 2.76. The molecular formula is C19H17FN6O2S. The highest BCUT2D eigenvalue weighted by atomic mass is 32.2. The van der Waals surface area contributed by atoms with Gasteiger partial charge in [-0.1, -0.05) is 17.8 Å². The van der Waals surface area contributed by atoms with Crippen molar-refractivity contribution >= 4 is 17.4 Å². The van der Waals surface area contributed by atoms with E-state index in [9.17, 15) is 9.18 Å². The first-order chi connectivity index (χ1) is 14.0. The quantitative estimate of drug-likeness (QED) is 0.383. The molecule has 148 valence electrons. The molecule has 0 atom stereocenters. The molecule has 0 spiro atoms. The highest BCUT2D eigenvalue weighted by Crippen LogP contribution is 2.20. The van der Waals surface area contributed by atoms with E-state index >= 15 is 0 Å². The number of nitrogen functional groups attached to an aromatic ring is 1. The lowest BCUT2D eigenvalue weighted by Crippen LogP contribution is -2.17. The van der Waals surface area contributed by atoms with Gasteiger partial charge in [-0.25, -0.2) is 14.1 Å². The monoisotopic (exact) mass is 412 g/mol. The standard InChI is InChI=1S/C19H17FN6O2S/c1-12-3-2-4-16-22-14(9-18(27)25(12)16)11-29-19-24-23-17(26(19)21)10-28-15-7-5-13(20)6-8-15/h2-9H,10-11,21H2,1H3. The predicted molar refractivity (Wildman–Crippen MR) is 107 cm³/mol. The minimum Gasteiger partial charge on any atom is -0.486 e. The minimum atomic E-state index is -0.338. The first-order valence-corrected chi connectivity index (χ1v) is 9.68. The maximum absolute atomic E-state index is 12.9. The van der Waals surface area contributed by atoms with Crippen LogP contribution in [0.25, 0.3) is 5.65 Å². The zero-order valence-electron chi connectivity index (χ0n) is 15.4. The number of halogens is 1. The summed E-state index contributed by atoms with van der Waals surface area (Å²) in [5.74, 6) is 7.03. The summed E-state index contributed by atoms with van der Waals surface area (Å²) in [6, 6.07) is 12.7. The van der Waals surface area contributed by atoms with Gasteiger partial charge < -0.3 is 10.6 Å². The maximum Gasteiger partial charge on any atom is 0.258 e. The number of aryl methyl sites for hydroxylation is 1. The number of pyridine rings is 1. The molecule has 0 radical (unpaired) electrons. The molecule has 29 heavy (non-hydrogen) atoms. The van der Waals surface area contributed by atoms with Crippen LogP contribution in [-0.4, -0.2) is 24.3 Å². The molecule has 0 fully saturated rings. The second-order valence-electron chi connectivity index (χ2n) is 6.25. The van der Waals surface area contributed by atoms with Crippen molar-refractivity contribution in [3.8, 4) is 5.75 Å². The number of aromatic nitrogens is 5. The van der Waals surface area contributed by atoms with Gasteiger partial charge in [0.15, 0.2) is 5.82 Å². The molecule has 0 bridgehead atoms. The molecule has 0 aliphatic carbocycles. The van der Waals surface area contributed by atoms with Crippen molar-refractivity contribution in [2.75, 3.05) is 5.84 Å². The van der Waals surface area contributed by atoms with Gasteiger partial charge in [0, 0.05) is 17.5 Å². The van der Waals surface area contributed by atoms with Gasteiger partial charge in [-0.3, -0.25) is 9.20 Å². The topological polar surface area (TPSA) is 100 Å². The van der Waals surface area contributed by atoms with Gasteiger partial charge in [0.2, 0.25) is 5.16 Å². The first-order valence-electron chi connectivity index (χ1n) is 8.70. The van der Waals surface area contributed by atoms with Crippen molar-refractivity contribution in [1.29, 1.82) is 0 Å². The molecule has 0 aliphatic heterocycles. The zero-order chi connectivity index (χ0) is 20.4. The second-order valence-corrected chi connectivity index (χ2v) is 7.19. The Kier molecular flexibility index (Phi) is 5.17. The molecule has 0 saturated heterocycles. The van der Waals surface area contributed by atoms with Crippen LogP contribution >= 0.6 is 11.8 Å². The van der Waals surface area contributed by atoms with Crippen LogP contribution in [0.2, 0.25) is 0 Å². The number of rotatable bonds is 6. The molecule has 1 aromatic carbocycles. The van der Waals surface area contributed by atoms with E-state index in [-0.39, 0.29) is 18.0 Å². The molecule has 3 aromatic heterocycles. The third-order valence-corrected chi connectivity index (χ3v) is 5.18. The van der Waals surface area contributed by atoms with Gasteiger partial charge in [-0.05, 0) is 43.3 Å². The fourth-order valence-corrected chi connectivity index (χ4v) is 3.53. The number of hydrogen-bond acceptors (Lipinski definition) is 7. The number of nitrogens with two attached hydrogens (primary N) is 1. The molecule has 0 aliphatic rings. The lowest BCUT2D eigenvalue weighted by Gasteiger charge is -2.07. The SMILES string of the molecule is Cc1cccc2nc(CSc3nnc(COc4ccc(F)cc4)n3N)cc(=O)n12. The summed E-state index contributed by atoms with van der Waals surface area (Å²) in [5, 5.41) is 8.54. The summed E-state index contributed by atoms with van der Waals surface area (Å²) in [5.41, 5.74) is 1.91. The normalized spacial score (nSPS) is 11.1. The lowest BCUT2D eigenvalue weighted by molar-refractivity contribution is 0.291. The fraction of sp³-hybridized carbons (Fsp3) is 0.158. The van der Waals surface area contributed by atoms with Gasteiger partial charge in [-0.2, -0.15) is 0 Å². The van der Waals surface area contributed by atoms with Crippen LogP contribution in [-0.2, 0) is 12.4 Å². The van der Waals surface area contributed by atoms with Crippen molar-refractivity contribution in [2.24, 2.45) is 0 Å². The van der Waals surface area contributed by atoms with Crippen LogP contribution in [0.3, 0.4) is 0 Å². The van der Waals surface area contributed by atoms with E-state index in [1.165, 1.54) is 46.8 Å². The third-order valence-electron chi connectivity index (χ3n) is 4.20. The Hall–Kier alpha value is -3.40. The van der Waals surface area contributed by atoms with E-state index in [0.29, 0.717) is 33.8 Å². The van der Waals surface area contributed by atoms with Crippen LogP contribution in [0.15, 0.2) is 58.5 Å². The van der Waals surface area contributed by atoms with Gasteiger partial charge in [0.05, 0.1) is 5.69 Å². The van der Waals surface area contributed by atoms with E-state index in [1.54, 1.807) is 10.5 Å². The molecule has 10 heteroatoms. The number of ether oxygens (including phenoxy) is 1. The molecule has 4 rings (SSSR count). The van der Waals surface area contributed by atoms with Crippen molar-refractivity contribution in [1.82, 2.24) is 24.3 Å². The van der Waals surface area contributed by atoms with Crippen LogP contribution in [0, 0.1) is 12.7 Å². The summed E-state index contributed by atoms with van der Waals surface area (Å²) >= 11 is 1.31. The third kappa shape index (κ3) is 4.06. The Morgan fingerprint density at radius 2 is 1.97 bits per heavy atom. The molecule has 0 saturated carbocycles. The number of benzene rings is 1. The van der Waals surface area contributed by atoms with Crippen molar-refractivity contribution in [3.63, 3.8) is 0 Å².